The van der Waals surface area contributed by atoms with Gasteiger partial charge in [0.2, 0.25) is 11.8 Å². The Bertz CT molecular complexity index is 1370. The fourth-order valence-electron chi connectivity index (χ4n) is 3.77. The molecule has 2 unspecified atom stereocenters. The van der Waals surface area contributed by atoms with Crippen molar-refractivity contribution < 1.29 is 22.4 Å². The van der Waals surface area contributed by atoms with Crippen molar-refractivity contribution in [1.82, 2.24) is 10.2 Å². The van der Waals surface area contributed by atoms with Gasteiger partial charge in [0.1, 0.15) is 18.4 Å². The van der Waals surface area contributed by atoms with Gasteiger partial charge in [-0.15, -0.1) is 0 Å². The number of anilines is 1. The summed E-state index contributed by atoms with van der Waals surface area (Å²) in [4.78, 5) is 28.0. The van der Waals surface area contributed by atoms with Crippen LogP contribution in [0.15, 0.2) is 83.8 Å². The van der Waals surface area contributed by atoms with Crippen LogP contribution in [0.3, 0.4) is 0 Å². The molecule has 0 spiro atoms. The fourth-order valence-corrected chi connectivity index (χ4v) is 5.42. The Balaban J connectivity index is 2.03. The third-order valence-electron chi connectivity index (χ3n) is 6.14. The Kier molecular flexibility index (Phi) is 9.88. The second-order valence-corrected chi connectivity index (χ2v) is 11.2. The van der Waals surface area contributed by atoms with Crippen molar-refractivity contribution in [2.75, 3.05) is 10.8 Å². The van der Waals surface area contributed by atoms with E-state index in [9.17, 15) is 22.4 Å². The van der Waals surface area contributed by atoms with Crippen LogP contribution in [0.1, 0.15) is 32.8 Å². The summed E-state index contributed by atoms with van der Waals surface area (Å²) >= 11 is 6.14. The number of halogens is 2. The number of carbonyl (C=O) groups excluding carboxylic acids is 2. The Labute approximate surface area is 228 Å². The summed E-state index contributed by atoms with van der Waals surface area (Å²) in [5, 5.41) is 3.31. The molecule has 3 rings (SSSR count). The fraction of sp³-hybridized carbons (Fsp3) is 0.286. The molecule has 202 valence electrons. The molecular weight excluding hydrogens is 529 g/mol. The molecular formula is C28H31ClFN3O4S. The lowest BCUT2D eigenvalue weighted by Gasteiger charge is -2.32. The minimum absolute atomic E-state index is 0.00895. The molecule has 3 aromatic rings. The van der Waals surface area contributed by atoms with Crippen molar-refractivity contribution in [3.8, 4) is 0 Å². The van der Waals surface area contributed by atoms with Crippen molar-refractivity contribution in [2.45, 2.75) is 50.7 Å². The van der Waals surface area contributed by atoms with E-state index < -0.39 is 40.2 Å². The number of amides is 2. The van der Waals surface area contributed by atoms with Gasteiger partial charge >= 0.3 is 0 Å². The molecule has 0 bridgehead atoms. The second kappa shape index (κ2) is 12.9. The van der Waals surface area contributed by atoms with Crippen LogP contribution in [0, 0.1) is 5.82 Å². The summed E-state index contributed by atoms with van der Waals surface area (Å²) in [6.45, 7) is 4.61. The van der Waals surface area contributed by atoms with Crippen molar-refractivity contribution in [3.05, 3.63) is 95.3 Å². The maximum Gasteiger partial charge on any atom is 0.264 e. The molecule has 0 aliphatic rings. The lowest BCUT2D eigenvalue weighted by atomic mass is 10.1. The summed E-state index contributed by atoms with van der Waals surface area (Å²) in [5.41, 5.74) is 0.376. The maximum absolute atomic E-state index is 14.9. The number of rotatable bonds is 11. The van der Waals surface area contributed by atoms with Gasteiger partial charge in [-0.05, 0) is 62.2 Å². The first-order valence-corrected chi connectivity index (χ1v) is 14.0. The quantitative estimate of drug-likeness (QED) is 0.358. The molecule has 38 heavy (non-hydrogen) atoms. The van der Waals surface area contributed by atoms with Crippen LogP contribution < -0.4 is 9.62 Å². The van der Waals surface area contributed by atoms with Gasteiger partial charge in [-0.3, -0.25) is 13.9 Å². The van der Waals surface area contributed by atoms with Gasteiger partial charge in [0, 0.05) is 17.6 Å². The Morgan fingerprint density at radius 2 is 1.63 bits per heavy atom. The van der Waals surface area contributed by atoms with Crippen LogP contribution in [0.2, 0.25) is 5.02 Å². The van der Waals surface area contributed by atoms with E-state index in [1.165, 1.54) is 35.2 Å². The number of carbonyl (C=O) groups is 2. The molecule has 2 atom stereocenters. The summed E-state index contributed by atoms with van der Waals surface area (Å²) in [6, 6.07) is 18.6. The molecule has 0 saturated heterocycles. The predicted octanol–water partition coefficient (Wildman–Crippen LogP) is 5.01. The van der Waals surface area contributed by atoms with E-state index in [-0.39, 0.29) is 23.2 Å². The summed E-state index contributed by atoms with van der Waals surface area (Å²) < 4.78 is 42.9. The van der Waals surface area contributed by atoms with Gasteiger partial charge in [0.25, 0.3) is 10.0 Å². The van der Waals surface area contributed by atoms with Crippen LogP contribution in [0.5, 0.6) is 0 Å². The van der Waals surface area contributed by atoms with Gasteiger partial charge < -0.3 is 10.2 Å². The third kappa shape index (κ3) is 7.11. The Hall–Kier alpha value is -3.43. The number of hydrogen-bond donors (Lipinski definition) is 1. The van der Waals surface area contributed by atoms with Crippen molar-refractivity contribution in [1.29, 1.82) is 0 Å². The number of hydrogen-bond acceptors (Lipinski definition) is 4. The zero-order valence-corrected chi connectivity index (χ0v) is 23.0. The van der Waals surface area contributed by atoms with E-state index in [0.29, 0.717) is 17.0 Å². The normalized spacial score (nSPS) is 12.9. The number of benzene rings is 3. The van der Waals surface area contributed by atoms with Crippen LogP contribution in [0.25, 0.3) is 0 Å². The van der Waals surface area contributed by atoms with E-state index in [0.717, 1.165) is 10.4 Å². The molecule has 10 heteroatoms. The average molecular weight is 560 g/mol. The number of sulfonamides is 1. The van der Waals surface area contributed by atoms with Gasteiger partial charge in [-0.25, -0.2) is 12.8 Å². The molecule has 0 fully saturated rings. The summed E-state index contributed by atoms with van der Waals surface area (Å²) in [7, 11) is -4.33. The smallest absolute Gasteiger partial charge is 0.264 e. The highest BCUT2D eigenvalue weighted by atomic mass is 35.5. The maximum atomic E-state index is 14.9. The minimum atomic E-state index is -4.33. The predicted molar refractivity (Wildman–Crippen MR) is 147 cm³/mol. The molecule has 2 amide bonds. The highest BCUT2D eigenvalue weighted by Crippen LogP contribution is 2.27. The average Bonchev–Trinajstić information content (AvgIpc) is 2.90. The van der Waals surface area contributed by atoms with E-state index in [1.807, 2.05) is 13.8 Å². The van der Waals surface area contributed by atoms with Crippen LogP contribution in [-0.4, -0.2) is 43.8 Å². The van der Waals surface area contributed by atoms with E-state index >= 15 is 0 Å². The van der Waals surface area contributed by atoms with Gasteiger partial charge in [-0.2, -0.15) is 0 Å². The minimum Gasteiger partial charge on any atom is -0.352 e. The number of para-hydroxylation sites is 1. The van der Waals surface area contributed by atoms with Crippen molar-refractivity contribution in [3.63, 3.8) is 0 Å². The monoisotopic (exact) mass is 559 g/mol. The highest BCUT2D eigenvalue weighted by Gasteiger charge is 2.33. The van der Waals surface area contributed by atoms with E-state index in [4.69, 9.17) is 11.6 Å². The molecule has 0 aliphatic carbocycles. The Morgan fingerprint density at radius 1 is 0.974 bits per heavy atom. The largest absolute Gasteiger partial charge is 0.352 e. The SMILES string of the molecule is CCC(C)NC(=O)C(C)N(Cc1cccc(Cl)c1)C(=O)CN(c1ccccc1F)S(=O)(=O)c1ccccc1. The molecule has 0 saturated carbocycles. The first-order chi connectivity index (χ1) is 18.0. The zero-order valence-electron chi connectivity index (χ0n) is 21.5. The lowest BCUT2D eigenvalue weighted by molar-refractivity contribution is -0.139. The second-order valence-electron chi connectivity index (χ2n) is 8.92. The lowest BCUT2D eigenvalue weighted by Crippen LogP contribution is -2.52. The molecule has 1 N–H and O–H groups in total. The first-order valence-electron chi connectivity index (χ1n) is 12.2. The van der Waals surface area contributed by atoms with Crippen LogP contribution in [0.4, 0.5) is 10.1 Å². The van der Waals surface area contributed by atoms with E-state index in [1.54, 1.807) is 49.4 Å². The van der Waals surface area contributed by atoms with E-state index in [2.05, 4.69) is 5.32 Å². The standard InChI is InChI=1S/C28H31ClFN3O4S/c1-4-20(2)31-28(35)21(3)32(18-22-11-10-12-23(29)17-22)27(34)19-33(26-16-9-8-15-25(26)30)38(36,37)24-13-6-5-7-14-24/h5-17,20-21H,4,18-19H2,1-3H3,(H,31,35). The number of nitrogens with one attached hydrogen (secondary N) is 1. The third-order valence-corrected chi connectivity index (χ3v) is 8.15. The molecule has 0 heterocycles. The molecule has 0 aliphatic heterocycles. The Morgan fingerprint density at radius 3 is 2.26 bits per heavy atom. The van der Waals surface area contributed by atoms with Crippen molar-refractivity contribution in [2.24, 2.45) is 0 Å². The van der Waals surface area contributed by atoms with Gasteiger partial charge in [0.15, 0.2) is 0 Å². The van der Waals surface area contributed by atoms with Crippen LogP contribution >= 0.6 is 11.6 Å². The van der Waals surface area contributed by atoms with Crippen molar-refractivity contribution >= 4 is 39.1 Å². The highest BCUT2D eigenvalue weighted by molar-refractivity contribution is 7.92. The van der Waals surface area contributed by atoms with Gasteiger partial charge in [-0.1, -0.05) is 61.0 Å². The van der Waals surface area contributed by atoms with Crippen LogP contribution in [-0.2, 0) is 26.2 Å². The molecule has 0 aromatic heterocycles. The molecule has 3 aromatic carbocycles. The molecule has 0 radical (unpaired) electrons. The number of nitrogens with zero attached hydrogens (tertiary/aromatic N) is 2. The van der Waals surface area contributed by atoms with Gasteiger partial charge in [0.05, 0.1) is 10.6 Å². The first kappa shape index (κ1) is 29.1. The topological polar surface area (TPSA) is 86.8 Å². The summed E-state index contributed by atoms with van der Waals surface area (Å²) in [5.74, 6) is -1.87. The molecule has 7 nitrogen and oxygen atoms in total. The zero-order chi connectivity index (χ0) is 27.9. The summed E-state index contributed by atoms with van der Waals surface area (Å²) in [6.07, 6.45) is 0.692.